The minimum absolute atomic E-state index is 0.0586. The fraction of sp³-hybridized carbons (Fsp3) is 0.0909. The molecule has 0 amide bonds. The van der Waals surface area contributed by atoms with Gasteiger partial charge in [0.2, 0.25) is 0 Å². The van der Waals surface area contributed by atoms with Gasteiger partial charge in [0.15, 0.2) is 4.90 Å². The Bertz CT molecular complexity index is 916. The lowest BCUT2D eigenvalue weighted by Gasteiger charge is -2.10. The molecule has 8 nitrogen and oxygen atoms in total. The molecule has 0 spiro atoms. The first-order valence-electron chi connectivity index (χ1n) is 5.52. The monoisotopic (exact) mass is 375 g/mol. The Hall–Kier alpha value is -2.07. The number of aromatic hydroxyl groups is 1. The molecule has 0 bridgehead atoms. The van der Waals surface area contributed by atoms with E-state index in [1.807, 2.05) is 4.98 Å². The number of rotatable bonds is 3. The van der Waals surface area contributed by atoms with Gasteiger partial charge in [-0.3, -0.25) is 14.5 Å². The highest BCUT2D eigenvalue weighted by atomic mass is 79.9. The molecular formula is C11H10BrN3O5S. The molecule has 1 aromatic heterocycles. The summed E-state index contributed by atoms with van der Waals surface area (Å²) >= 11 is 3.03. The lowest BCUT2D eigenvalue weighted by molar-refractivity contribution is 0.472. The highest BCUT2D eigenvalue weighted by Gasteiger charge is 2.21. The summed E-state index contributed by atoms with van der Waals surface area (Å²) < 4.78 is 27.6. The van der Waals surface area contributed by atoms with E-state index < -0.39 is 26.2 Å². The van der Waals surface area contributed by atoms with Crippen LogP contribution in [0.2, 0.25) is 0 Å². The molecule has 0 unspecified atom stereocenters. The highest BCUT2D eigenvalue weighted by Crippen LogP contribution is 2.32. The van der Waals surface area contributed by atoms with Gasteiger partial charge in [-0.15, -0.1) is 0 Å². The summed E-state index contributed by atoms with van der Waals surface area (Å²) in [6.07, 6.45) is 0.917. The fourth-order valence-corrected chi connectivity index (χ4v) is 3.19. The molecule has 0 saturated carbocycles. The summed E-state index contributed by atoms with van der Waals surface area (Å²) in [6.45, 7) is 0. The Kier molecular flexibility index (Phi) is 3.92. The summed E-state index contributed by atoms with van der Waals surface area (Å²) in [5.41, 5.74) is -1.69. The predicted molar refractivity (Wildman–Crippen MR) is 78.9 cm³/mol. The van der Waals surface area contributed by atoms with Gasteiger partial charge in [0.25, 0.3) is 15.6 Å². The van der Waals surface area contributed by atoms with Crippen LogP contribution in [-0.2, 0) is 17.1 Å². The average molecular weight is 376 g/mol. The van der Waals surface area contributed by atoms with Gasteiger partial charge in [0.05, 0.1) is 10.2 Å². The van der Waals surface area contributed by atoms with E-state index in [1.165, 1.54) is 25.2 Å². The summed E-state index contributed by atoms with van der Waals surface area (Å²) in [5, 5.41) is 9.51. The molecule has 0 saturated heterocycles. The predicted octanol–water partition coefficient (Wildman–Crippen LogP) is 0.343. The normalized spacial score (nSPS) is 11.3. The van der Waals surface area contributed by atoms with Gasteiger partial charge in [0.1, 0.15) is 5.75 Å². The Morgan fingerprint density at radius 1 is 1.33 bits per heavy atom. The van der Waals surface area contributed by atoms with E-state index in [9.17, 15) is 23.1 Å². The third kappa shape index (κ3) is 3.00. The van der Waals surface area contributed by atoms with Crippen LogP contribution in [-0.4, -0.2) is 23.1 Å². The molecule has 2 rings (SSSR count). The van der Waals surface area contributed by atoms with Crippen LogP contribution in [0, 0.1) is 0 Å². The van der Waals surface area contributed by atoms with Crippen molar-refractivity contribution >= 4 is 31.6 Å². The standard InChI is InChI=1S/C11H10BrN3O5S/c1-15-5-8(10(17)13-11(15)18)21(19,20)14-6-3-2-4-7(16)9(6)12/h2-5,14,16H,1H3,(H,13,17,18). The SMILES string of the molecule is Cn1cc(S(=O)(=O)Nc2cccc(O)c2Br)c(=O)[nH]c1=O. The van der Waals surface area contributed by atoms with E-state index in [1.54, 1.807) is 0 Å². The zero-order valence-corrected chi connectivity index (χ0v) is 13.0. The maximum absolute atomic E-state index is 12.2. The van der Waals surface area contributed by atoms with E-state index in [-0.39, 0.29) is 15.9 Å². The Morgan fingerprint density at radius 2 is 2.00 bits per heavy atom. The van der Waals surface area contributed by atoms with Gasteiger partial charge in [-0.2, -0.15) is 0 Å². The fourth-order valence-electron chi connectivity index (χ4n) is 1.53. The van der Waals surface area contributed by atoms with Crippen molar-refractivity contribution in [2.45, 2.75) is 4.90 Å². The number of sulfonamides is 1. The molecule has 0 aliphatic heterocycles. The molecule has 1 aromatic carbocycles. The molecule has 0 atom stereocenters. The number of hydrogen-bond acceptors (Lipinski definition) is 5. The Labute approximate surface area is 127 Å². The minimum atomic E-state index is -4.22. The number of halogens is 1. The second-order valence-corrected chi connectivity index (χ2v) is 6.55. The number of benzene rings is 1. The van der Waals surface area contributed by atoms with Gasteiger partial charge in [-0.05, 0) is 28.1 Å². The van der Waals surface area contributed by atoms with E-state index >= 15 is 0 Å². The highest BCUT2D eigenvalue weighted by molar-refractivity contribution is 9.10. The lowest BCUT2D eigenvalue weighted by Crippen LogP contribution is -2.33. The molecule has 0 aliphatic carbocycles. The second kappa shape index (κ2) is 5.37. The van der Waals surface area contributed by atoms with Crippen molar-refractivity contribution in [3.63, 3.8) is 0 Å². The number of aryl methyl sites for hydroxylation is 1. The molecule has 10 heteroatoms. The number of phenolic OH excluding ortho intramolecular Hbond substituents is 1. The Balaban J connectivity index is 2.54. The number of nitrogens with zero attached hydrogens (tertiary/aromatic N) is 1. The molecule has 21 heavy (non-hydrogen) atoms. The van der Waals surface area contributed by atoms with Crippen molar-refractivity contribution in [1.82, 2.24) is 9.55 Å². The van der Waals surface area contributed by atoms with Crippen molar-refractivity contribution in [1.29, 1.82) is 0 Å². The average Bonchev–Trinajstić information content (AvgIpc) is 2.39. The number of H-pyrrole nitrogens is 1. The third-order valence-electron chi connectivity index (χ3n) is 2.59. The largest absolute Gasteiger partial charge is 0.507 e. The topological polar surface area (TPSA) is 121 Å². The number of aromatic nitrogens is 2. The minimum Gasteiger partial charge on any atom is -0.507 e. The van der Waals surface area contributed by atoms with Crippen LogP contribution in [0.3, 0.4) is 0 Å². The number of aromatic amines is 1. The Morgan fingerprint density at radius 3 is 2.67 bits per heavy atom. The molecule has 0 fully saturated rings. The van der Waals surface area contributed by atoms with E-state index in [0.717, 1.165) is 10.8 Å². The summed E-state index contributed by atoms with van der Waals surface area (Å²) in [6, 6.07) is 4.20. The first-order valence-corrected chi connectivity index (χ1v) is 7.80. The second-order valence-electron chi connectivity index (χ2n) is 4.11. The van der Waals surface area contributed by atoms with Gasteiger partial charge in [0, 0.05) is 13.2 Å². The smallest absolute Gasteiger partial charge is 0.328 e. The van der Waals surface area contributed by atoms with Gasteiger partial charge < -0.3 is 9.67 Å². The van der Waals surface area contributed by atoms with Crippen molar-refractivity contribution in [3.05, 3.63) is 49.7 Å². The molecule has 112 valence electrons. The quantitative estimate of drug-likeness (QED) is 0.714. The molecule has 1 heterocycles. The molecule has 2 aromatic rings. The van der Waals surface area contributed by atoms with Crippen LogP contribution < -0.4 is 16.0 Å². The third-order valence-corrected chi connectivity index (χ3v) is 4.78. The van der Waals surface area contributed by atoms with E-state index in [4.69, 9.17) is 0 Å². The molecular weight excluding hydrogens is 366 g/mol. The van der Waals surface area contributed by atoms with Gasteiger partial charge >= 0.3 is 5.69 Å². The van der Waals surface area contributed by atoms with Gasteiger partial charge in [-0.25, -0.2) is 13.2 Å². The van der Waals surface area contributed by atoms with Crippen LogP contribution in [0.5, 0.6) is 5.75 Å². The van der Waals surface area contributed by atoms with Crippen molar-refractivity contribution in [2.24, 2.45) is 7.05 Å². The maximum atomic E-state index is 12.2. The van der Waals surface area contributed by atoms with Crippen molar-refractivity contribution < 1.29 is 13.5 Å². The van der Waals surface area contributed by atoms with Crippen molar-refractivity contribution in [3.8, 4) is 5.75 Å². The van der Waals surface area contributed by atoms with Crippen LogP contribution in [0.25, 0.3) is 0 Å². The maximum Gasteiger partial charge on any atom is 0.328 e. The lowest BCUT2D eigenvalue weighted by atomic mass is 10.3. The summed E-state index contributed by atoms with van der Waals surface area (Å²) in [7, 11) is -2.91. The van der Waals surface area contributed by atoms with E-state index in [2.05, 4.69) is 20.7 Å². The summed E-state index contributed by atoms with van der Waals surface area (Å²) in [4.78, 5) is 24.1. The van der Waals surface area contributed by atoms with E-state index in [0.29, 0.717) is 0 Å². The number of anilines is 1. The summed E-state index contributed by atoms with van der Waals surface area (Å²) in [5.74, 6) is -0.162. The molecule has 0 radical (unpaired) electrons. The first-order chi connectivity index (χ1) is 9.72. The van der Waals surface area contributed by atoms with Crippen LogP contribution in [0.4, 0.5) is 5.69 Å². The van der Waals surface area contributed by atoms with Crippen molar-refractivity contribution in [2.75, 3.05) is 4.72 Å². The van der Waals surface area contributed by atoms with Gasteiger partial charge in [-0.1, -0.05) is 6.07 Å². The number of phenols is 1. The molecule has 0 aliphatic rings. The van der Waals surface area contributed by atoms with Crippen LogP contribution in [0.15, 0.2) is 43.4 Å². The zero-order valence-electron chi connectivity index (χ0n) is 10.6. The number of hydrogen-bond donors (Lipinski definition) is 3. The number of nitrogens with one attached hydrogen (secondary N) is 2. The molecule has 3 N–H and O–H groups in total. The zero-order chi connectivity index (χ0) is 15.8. The van der Waals surface area contributed by atoms with Crippen LogP contribution >= 0.6 is 15.9 Å². The van der Waals surface area contributed by atoms with Crippen LogP contribution in [0.1, 0.15) is 0 Å². The first kappa shape index (κ1) is 15.3.